The standard InChI is InChI=1S/C35H22/c1-2-10-24-22-31-25(21-23(24)9-1)17-18-34-30(31)19-20-35(34)32-15-7-5-13-28(32)26-11-3-4-12-27(26)29-14-6-8-16-33(29)35/h1-22H. The normalized spacial score (nSPS) is 14.4. The summed E-state index contributed by atoms with van der Waals surface area (Å²) in [5.41, 5.74) is 10.3. The van der Waals surface area contributed by atoms with E-state index in [9.17, 15) is 0 Å². The van der Waals surface area contributed by atoms with Crippen LogP contribution in [0, 0.1) is 0 Å². The molecule has 2 aliphatic carbocycles. The van der Waals surface area contributed by atoms with Crippen LogP contribution in [0.4, 0.5) is 0 Å². The maximum absolute atomic E-state index is 2.45. The van der Waals surface area contributed by atoms with Gasteiger partial charge < -0.3 is 0 Å². The van der Waals surface area contributed by atoms with Crippen molar-refractivity contribution in [1.29, 1.82) is 0 Å². The first kappa shape index (κ1) is 18.9. The first-order chi connectivity index (χ1) is 17.3. The zero-order valence-electron chi connectivity index (χ0n) is 19.2. The van der Waals surface area contributed by atoms with Gasteiger partial charge in [-0.15, -0.1) is 0 Å². The summed E-state index contributed by atoms with van der Waals surface area (Å²) in [6.07, 6.45) is 4.83. The second-order valence-electron chi connectivity index (χ2n) is 9.73. The Balaban J connectivity index is 1.53. The van der Waals surface area contributed by atoms with E-state index in [2.05, 4.69) is 133 Å². The predicted molar refractivity (Wildman–Crippen MR) is 148 cm³/mol. The average Bonchev–Trinajstić information content (AvgIpc) is 3.28. The van der Waals surface area contributed by atoms with Crippen molar-refractivity contribution < 1.29 is 0 Å². The molecule has 0 heteroatoms. The summed E-state index contributed by atoms with van der Waals surface area (Å²) in [5.74, 6) is 0. The highest BCUT2D eigenvalue weighted by atomic mass is 14.4. The molecular formula is C35H22. The Bertz CT molecular complexity index is 1780. The average molecular weight is 443 g/mol. The Morgan fingerprint density at radius 2 is 0.943 bits per heavy atom. The van der Waals surface area contributed by atoms with Gasteiger partial charge in [0.25, 0.3) is 0 Å². The minimum Gasteiger partial charge on any atom is -0.0645 e. The lowest BCUT2D eigenvalue weighted by Crippen LogP contribution is -2.26. The molecule has 162 valence electrons. The second-order valence-corrected chi connectivity index (χ2v) is 9.73. The third kappa shape index (κ3) is 2.41. The Hall–Kier alpha value is -4.42. The molecule has 6 aromatic rings. The topological polar surface area (TPSA) is 0 Å². The van der Waals surface area contributed by atoms with Crippen LogP contribution in [0.15, 0.2) is 127 Å². The van der Waals surface area contributed by atoms with Gasteiger partial charge in [0.2, 0.25) is 0 Å². The molecular weight excluding hydrogens is 420 g/mol. The summed E-state index contributed by atoms with van der Waals surface area (Å²) in [7, 11) is 0. The smallest absolute Gasteiger partial charge is 0.0645 e. The van der Waals surface area contributed by atoms with Gasteiger partial charge in [-0.05, 0) is 78.2 Å². The van der Waals surface area contributed by atoms with Crippen LogP contribution < -0.4 is 0 Å². The Morgan fingerprint density at radius 1 is 0.400 bits per heavy atom. The maximum Gasteiger partial charge on any atom is 0.0653 e. The lowest BCUT2D eigenvalue weighted by Gasteiger charge is -2.33. The van der Waals surface area contributed by atoms with Gasteiger partial charge in [0.1, 0.15) is 0 Å². The molecule has 0 fully saturated rings. The molecule has 6 aromatic carbocycles. The summed E-state index contributed by atoms with van der Waals surface area (Å²) in [6, 6.07) is 44.9. The quantitative estimate of drug-likeness (QED) is 0.206. The van der Waals surface area contributed by atoms with Crippen molar-refractivity contribution in [2.24, 2.45) is 0 Å². The minimum absolute atomic E-state index is 0.332. The molecule has 0 atom stereocenters. The zero-order valence-corrected chi connectivity index (χ0v) is 19.2. The van der Waals surface area contributed by atoms with E-state index >= 15 is 0 Å². The number of allylic oxidation sites excluding steroid dienone is 1. The van der Waals surface area contributed by atoms with E-state index < -0.39 is 0 Å². The van der Waals surface area contributed by atoms with E-state index in [1.165, 1.54) is 66.1 Å². The monoisotopic (exact) mass is 442 g/mol. The van der Waals surface area contributed by atoms with Crippen LogP contribution in [-0.4, -0.2) is 0 Å². The van der Waals surface area contributed by atoms with Crippen molar-refractivity contribution in [3.05, 3.63) is 150 Å². The van der Waals surface area contributed by atoms with Gasteiger partial charge in [-0.3, -0.25) is 0 Å². The van der Waals surface area contributed by atoms with Gasteiger partial charge in [-0.1, -0.05) is 121 Å². The molecule has 35 heavy (non-hydrogen) atoms. The van der Waals surface area contributed by atoms with Crippen molar-refractivity contribution in [2.45, 2.75) is 5.41 Å². The molecule has 1 spiro atoms. The fourth-order valence-electron chi connectivity index (χ4n) is 6.55. The van der Waals surface area contributed by atoms with Crippen LogP contribution in [0.1, 0.15) is 22.3 Å². The number of benzene rings is 6. The van der Waals surface area contributed by atoms with Crippen molar-refractivity contribution in [2.75, 3.05) is 0 Å². The van der Waals surface area contributed by atoms with Crippen molar-refractivity contribution in [3.63, 3.8) is 0 Å². The van der Waals surface area contributed by atoms with E-state index in [0.717, 1.165) is 0 Å². The lowest BCUT2D eigenvalue weighted by atomic mass is 9.69. The third-order valence-electron chi connectivity index (χ3n) is 8.06. The Morgan fingerprint density at radius 3 is 1.60 bits per heavy atom. The number of hydrogen-bond acceptors (Lipinski definition) is 0. The van der Waals surface area contributed by atoms with Crippen LogP contribution >= 0.6 is 0 Å². The van der Waals surface area contributed by atoms with Gasteiger partial charge in [0.05, 0.1) is 5.41 Å². The van der Waals surface area contributed by atoms with Crippen LogP contribution in [0.5, 0.6) is 0 Å². The highest BCUT2D eigenvalue weighted by Crippen LogP contribution is 2.56. The molecule has 2 aliphatic rings. The highest BCUT2D eigenvalue weighted by molar-refractivity contribution is 6.05. The highest BCUT2D eigenvalue weighted by Gasteiger charge is 2.43. The molecule has 0 unspecified atom stereocenters. The molecule has 0 radical (unpaired) electrons. The molecule has 8 rings (SSSR count). The Kier molecular flexibility index (Phi) is 3.68. The van der Waals surface area contributed by atoms with E-state index in [1.807, 2.05) is 0 Å². The van der Waals surface area contributed by atoms with E-state index in [-0.39, 0.29) is 5.41 Å². The van der Waals surface area contributed by atoms with E-state index in [1.54, 1.807) is 0 Å². The molecule has 0 saturated carbocycles. The summed E-state index contributed by atoms with van der Waals surface area (Å²) in [4.78, 5) is 0. The van der Waals surface area contributed by atoms with Crippen LogP contribution in [-0.2, 0) is 5.41 Å². The van der Waals surface area contributed by atoms with Crippen LogP contribution in [0.3, 0.4) is 0 Å². The van der Waals surface area contributed by atoms with Crippen molar-refractivity contribution >= 4 is 27.6 Å². The van der Waals surface area contributed by atoms with Gasteiger partial charge in [-0.25, -0.2) is 0 Å². The summed E-state index contributed by atoms with van der Waals surface area (Å²) in [6.45, 7) is 0. The zero-order chi connectivity index (χ0) is 23.0. The van der Waals surface area contributed by atoms with Crippen LogP contribution in [0.2, 0.25) is 0 Å². The second kappa shape index (κ2) is 6.81. The fraction of sp³-hybridized carbons (Fsp3) is 0.0286. The van der Waals surface area contributed by atoms with Gasteiger partial charge in [0.15, 0.2) is 0 Å². The van der Waals surface area contributed by atoms with Gasteiger partial charge in [0, 0.05) is 0 Å². The molecule has 0 N–H and O–H groups in total. The van der Waals surface area contributed by atoms with Gasteiger partial charge >= 0.3 is 0 Å². The summed E-state index contributed by atoms with van der Waals surface area (Å²) < 4.78 is 0. The first-order valence-corrected chi connectivity index (χ1v) is 12.3. The van der Waals surface area contributed by atoms with E-state index in [0.29, 0.717) is 0 Å². The SMILES string of the molecule is C1=CC2(c3ccccc3-c3ccccc3-c3ccccc32)c2ccc3cc4ccccc4cc3c21. The minimum atomic E-state index is -0.332. The third-order valence-corrected chi connectivity index (χ3v) is 8.06. The Labute approximate surface area is 204 Å². The molecule has 0 saturated heterocycles. The number of fused-ring (bicyclic) bond motifs is 12. The largest absolute Gasteiger partial charge is 0.0653 e. The van der Waals surface area contributed by atoms with Crippen LogP contribution in [0.25, 0.3) is 49.9 Å². The molecule has 0 nitrogen and oxygen atoms in total. The lowest BCUT2D eigenvalue weighted by molar-refractivity contribution is 0.803. The molecule has 0 heterocycles. The van der Waals surface area contributed by atoms with Crippen molar-refractivity contribution in [1.82, 2.24) is 0 Å². The molecule has 0 aliphatic heterocycles. The molecule has 0 amide bonds. The number of hydrogen-bond donors (Lipinski definition) is 0. The van der Waals surface area contributed by atoms with Gasteiger partial charge in [-0.2, -0.15) is 0 Å². The number of rotatable bonds is 0. The summed E-state index contributed by atoms with van der Waals surface area (Å²) >= 11 is 0. The first-order valence-electron chi connectivity index (χ1n) is 12.3. The molecule has 0 bridgehead atoms. The molecule has 0 aromatic heterocycles. The summed E-state index contributed by atoms with van der Waals surface area (Å²) in [5, 5.41) is 5.20. The fourth-order valence-corrected chi connectivity index (χ4v) is 6.55. The van der Waals surface area contributed by atoms with E-state index in [4.69, 9.17) is 0 Å². The maximum atomic E-state index is 2.45. The predicted octanol–water partition coefficient (Wildman–Crippen LogP) is 9.00. The van der Waals surface area contributed by atoms with Crippen molar-refractivity contribution in [3.8, 4) is 22.3 Å².